The number of piperidine rings is 1. The number of fused-ring (bicyclic) bond motifs is 2. The van der Waals surface area contributed by atoms with Crippen LogP contribution in [-0.4, -0.2) is 108 Å². The molecule has 1 saturated carbocycles. The lowest BCUT2D eigenvalue weighted by atomic mass is 9.58. The van der Waals surface area contributed by atoms with Crippen molar-refractivity contribution >= 4 is 35.5 Å². The van der Waals surface area contributed by atoms with E-state index in [0.717, 1.165) is 63.2 Å². The Morgan fingerprint density at radius 3 is 2.38 bits per heavy atom. The number of benzene rings is 1. The molecular formula is C36H53N7O10. The van der Waals surface area contributed by atoms with Gasteiger partial charge < -0.3 is 50.0 Å². The molecule has 2 aromatic rings. The molecule has 2 bridgehead atoms. The standard InChI is InChI=1S/C34H51N7O6.C2H2O4/c1-22-8-13-27-23(2)28(44-29-34(27)26(22)14-15-33(3,45-29)46-47-34)43-21-18-35-16-17-36-30-38-31(37-24-9-11-25(42-4)12-10-24)40-32(39-30)41-19-6-5-7-20-41;3-1(4)2(5)6/h9-12,22-23,26-29,35H,5-8,13-21H2,1-4H3,(H2,36,37,38,39,40);(H,3,4)(H,5,6)/t22-,23-,26+,27+,28+,29-,33-,34-;/m1./s1. The molecule has 0 amide bonds. The average Bonchev–Trinajstić information content (AvgIpc) is 3.39. The van der Waals surface area contributed by atoms with E-state index in [1.807, 2.05) is 31.2 Å². The van der Waals surface area contributed by atoms with Crippen LogP contribution in [0.5, 0.6) is 5.75 Å². The third-order valence-electron chi connectivity index (χ3n) is 11.0. The molecule has 292 valence electrons. The normalized spacial score (nSPS) is 31.7. The fourth-order valence-electron chi connectivity index (χ4n) is 8.24. The molecule has 53 heavy (non-hydrogen) atoms. The maximum absolute atomic E-state index is 9.10. The van der Waals surface area contributed by atoms with Crippen molar-refractivity contribution in [2.45, 2.75) is 89.7 Å². The Labute approximate surface area is 309 Å². The van der Waals surface area contributed by atoms with Gasteiger partial charge in [0.2, 0.25) is 23.6 Å². The van der Waals surface area contributed by atoms with E-state index in [0.29, 0.717) is 49.4 Å². The van der Waals surface area contributed by atoms with Crippen molar-refractivity contribution in [2.75, 3.05) is 62.0 Å². The summed E-state index contributed by atoms with van der Waals surface area (Å²) in [5.41, 5.74) is 0.315. The Morgan fingerprint density at radius 1 is 0.925 bits per heavy atom. The number of nitrogens with one attached hydrogen (secondary N) is 3. The summed E-state index contributed by atoms with van der Waals surface area (Å²) >= 11 is 0. The highest BCUT2D eigenvalue weighted by Crippen LogP contribution is 2.60. The Kier molecular flexibility index (Phi) is 12.5. The minimum Gasteiger partial charge on any atom is -0.497 e. The van der Waals surface area contributed by atoms with Crippen LogP contribution in [0, 0.1) is 23.7 Å². The number of carboxylic acid groups (broad SMARTS) is 2. The molecule has 1 spiro atoms. The van der Waals surface area contributed by atoms with Gasteiger partial charge in [-0.05, 0) is 81.5 Å². The van der Waals surface area contributed by atoms with Crippen LogP contribution in [0.25, 0.3) is 0 Å². The van der Waals surface area contributed by atoms with Crippen molar-refractivity contribution < 1.29 is 48.5 Å². The first kappa shape index (κ1) is 38.8. The minimum absolute atomic E-state index is 0.163. The van der Waals surface area contributed by atoms with Crippen LogP contribution in [0.3, 0.4) is 0 Å². The van der Waals surface area contributed by atoms with Crippen LogP contribution in [0.1, 0.15) is 65.7 Å². The molecule has 1 aromatic carbocycles. The first-order valence-corrected chi connectivity index (χ1v) is 18.7. The number of ether oxygens (including phenoxy) is 4. The molecule has 6 heterocycles. The summed E-state index contributed by atoms with van der Waals surface area (Å²) in [7, 11) is 1.66. The largest absolute Gasteiger partial charge is 0.497 e. The van der Waals surface area contributed by atoms with Gasteiger partial charge in [-0.3, -0.25) is 0 Å². The maximum atomic E-state index is 9.10. The predicted octanol–water partition coefficient (Wildman–Crippen LogP) is 4.00. The number of anilines is 4. The van der Waals surface area contributed by atoms with Crippen molar-refractivity contribution in [3.8, 4) is 5.75 Å². The van der Waals surface area contributed by atoms with E-state index >= 15 is 0 Å². The third kappa shape index (κ3) is 8.92. The van der Waals surface area contributed by atoms with E-state index in [2.05, 4.69) is 39.7 Å². The topological polar surface area (TPSA) is 208 Å². The first-order chi connectivity index (χ1) is 25.5. The molecule has 0 unspecified atom stereocenters. The summed E-state index contributed by atoms with van der Waals surface area (Å²) < 4.78 is 24.6. The van der Waals surface area contributed by atoms with Gasteiger partial charge in [0.15, 0.2) is 18.2 Å². The predicted molar refractivity (Wildman–Crippen MR) is 192 cm³/mol. The molecular weight excluding hydrogens is 690 g/mol. The van der Waals surface area contributed by atoms with Gasteiger partial charge in [-0.1, -0.05) is 13.8 Å². The van der Waals surface area contributed by atoms with Gasteiger partial charge in [-0.2, -0.15) is 15.0 Å². The van der Waals surface area contributed by atoms with E-state index in [4.69, 9.17) is 58.5 Å². The van der Waals surface area contributed by atoms with Crippen LogP contribution in [0.2, 0.25) is 0 Å². The Bertz CT molecular complexity index is 1540. The number of aromatic nitrogens is 3. The van der Waals surface area contributed by atoms with Crippen molar-refractivity contribution in [2.24, 2.45) is 23.7 Å². The van der Waals surface area contributed by atoms with Crippen molar-refractivity contribution in [1.29, 1.82) is 0 Å². The zero-order valence-electron chi connectivity index (χ0n) is 30.9. The number of nitrogens with zero attached hydrogens (tertiary/aromatic N) is 4. The molecule has 6 aliphatic rings. The van der Waals surface area contributed by atoms with Crippen LogP contribution in [0.15, 0.2) is 24.3 Å². The molecule has 1 aromatic heterocycles. The summed E-state index contributed by atoms with van der Waals surface area (Å²) in [4.78, 5) is 46.8. The lowest BCUT2D eigenvalue weighted by Gasteiger charge is -2.60. The highest BCUT2D eigenvalue weighted by Gasteiger charge is 2.69. The molecule has 1 aliphatic carbocycles. The van der Waals surface area contributed by atoms with E-state index in [9.17, 15) is 0 Å². The summed E-state index contributed by atoms with van der Waals surface area (Å²) in [5.74, 6) is -0.575. The SMILES string of the molecule is COc1ccc(Nc2nc(NCCNCCO[C@H]3O[C@@H]4O[C@@]5(C)CC[C@H]6[C@H](C)CC[C@@H]([C@H]3C)[C@@]46OO5)nc(N3CCCCC3)n2)cc1.O=C(O)C(=O)O. The molecule has 5 N–H and O–H groups in total. The highest BCUT2D eigenvalue weighted by molar-refractivity contribution is 6.27. The van der Waals surface area contributed by atoms with E-state index in [1.165, 1.54) is 12.8 Å². The monoisotopic (exact) mass is 743 g/mol. The zero-order valence-corrected chi connectivity index (χ0v) is 30.9. The van der Waals surface area contributed by atoms with Gasteiger partial charge in [-0.15, -0.1) is 0 Å². The van der Waals surface area contributed by atoms with Crippen LogP contribution in [0.4, 0.5) is 23.5 Å². The van der Waals surface area contributed by atoms with Gasteiger partial charge in [0, 0.05) is 56.7 Å². The summed E-state index contributed by atoms with van der Waals surface area (Å²) in [6.07, 6.45) is 6.74. The Morgan fingerprint density at radius 2 is 1.66 bits per heavy atom. The molecule has 8 rings (SSSR count). The van der Waals surface area contributed by atoms with E-state index in [-0.39, 0.29) is 18.1 Å². The highest BCUT2D eigenvalue weighted by atomic mass is 17.3. The van der Waals surface area contributed by atoms with Crippen LogP contribution < -0.4 is 25.6 Å². The Hall–Kier alpha value is -3.87. The second-order valence-corrected chi connectivity index (χ2v) is 14.6. The molecule has 0 radical (unpaired) electrons. The summed E-state index contributed by atoms with van der Waals surface area (Å²) in [5, 5.41) is 25.0. The lowest BCUT2D eigenvalue weighted by Crippen LogP contribution is -2.70. The van der Waals surface area contributed by atoms with Gasteiger partial charge in [-0.25, -0.2) is 19.4 Å². The van der Waals surface area contributed by atoms with Crippen molar-refractivity contribution in [1.82, 2.24) is 20.3 Å². The van der Waals surface area contributed by atoms with Crippen LogP contribution >= 0.6 is 0 Å². The van der Waals surface area contributed by atoms with E-state index < -0.39 is 29.6 Å². The van der Waals surface area contributed by atoms with Gasteiger partial charge in [0.05, 0.1) is 13.7 Å². The maximum Gasteiger partial charge on any atom is 0.414 e. The minimum atomic E-state index is -1.82. The smallest absolute Gasteiger partial charge is 0.414 e. The third-order valence-corrected chi connectivity index (χ3v) is 11.0. The summed E-state index contributed by atoms with van der Waals surface area (Å²) in [6, 6.07) is 7.71. The number of hydrogen-bond donors (Lipinski definition) is 5. The van der Waals surface area contributed by atoms with Crippen molar-refractivity contribution in [3.63, 3.8) is 0 Å². The van der Waals surface area contributed by atoms with Gasteiger partial charge in [0.1, 0.15) is 5.75 Å². The number of aliphatic carboxylic acids is 2. The second-order valence-electron chi connectivity index (χ2n) is 14.6. The molecule has 8 atom stereocenters. The fraction of sp³-hybridized carbons (Fsp3) is 0.694. The molecule has 17 nitrogen and oxygen atoms in total. The number of carbonyl (C=O) groups is 2. The number of rotatable bonds is 12. The molecule has 5 aliphatic heterocycles. The number of hydrogen-bond acceptors (Lipinski definition) is 15. The first-order valence-electron chi connectivity index (χ1n) is 18.7. The molecule has 5 saturated heterocycles. The number of carboxylic acids is 2. The van der Waals surface area contributed by atoms with Gasteiger partial charge >= 0.3 is 11.9 Å². The fourth-order valence-corrected chi connectivity index (χ4v) is 8.24. The van der Waals surface area contributed by atoms with E-state index in [1.54, 1.807) is 7.11 Å². The van der Waals surface area contributed by atoms with Crippen LogP contribution in [-0.2, 0) is 33.6 Å². The lowest BCUT2D eigenvalue weighted by molar-refractivity contribution is -0.577. The Balaban J connectivity index is 0.000000741. The summed E-state index contributed by atoms with van der Waals surface area (Å²) in [6.45, 7) is 11.0. The zero-order chi connectivity index (χ0) is 37.6. The number of methoxy groups -OCH3 is 1. The molecule has 17 heteroatoms. The second kappa shape index (κ2) is 17.1. The van der Waals surface area contributed by atoms with Crippen molar-refractivity contribution in [3.05, 3.63) is 24.3 Å². The molecule has 6 fully saturated rings. The van der Waals surface area contributed by atoms with Gasteiger partial charge in [0.25, 0.3) is 0 Å². The quantitative estimate of drug-likeness (QED) is 0.118. The average molecular weight is 744 g/mol.